The first-order chi connectivity index (χ1) is 7.45. The molecule has 0 saturated carbocycles. The molecule has 0 heterocycles. The largest absolute Gasteiger partial charge is 0.427 e. The van der Waals surface area contributed by atoms with E-state index in [-0.39, 0.29) is 5.56 Å². The van der Waals surface area contributed by atoms with Crippen molar-refractivity contribution in [2.75, 3.05) is 0 Å². The molecule has 0 amide bonds. The fraction of sp³-hybridized carbons (Fsp3) is 0.222. The molecular weight excluding hydrogens is 224 g/mol. The summed E-state index contributed by atoms with van der Waals surface area (Å²) in [6, 6.07) is 1.94. The van der Waals surface area contributed by atoms with Crippen molar-refractivity contribution in [2.24, 2.45) is 0 Å². The number of aryl methyl sites for hydroxylation is 1. The topological polar surface area (TPSA) is 69.4 Å². The molecule has 0 saturated heterocycles. The maximum Gasteiger partial charge on any atom is 0.387 e. The first kappa shape index (κ1) is 12.0. The molecule has 0 aliphatic heterocycles. The number of aldehydes is 1. The minimum Gasteiger partial charge on any atom is -0.427 e. The summed E-state index contributed by atoms with van der Waals surface area (Å²) in [6.07, 6.45) is 0.411. The van der Waals surface area contributed by atoms with Crippen molar-refractivity contribution in [3.05, 3.63) is 33.4 Å². The Morgan fingerprint density at radius 2 is 2.12 bits per heavy atom. The molecular formula is C9H7F2NO4. The highest BCUT2D eigenvalue weighted by molar-refractivity contribution is 5.79. The average Bonchev–Trinajstić information content (AvgIpc) is 2.16. The van der Waals surface area contributed by atoms with Crippen LogP contribution in [0.25, 0.3) is 0 Å². The second-order valence-corrected chi connectivity index (χ2v) is 2.93. The summed E-state index contributed by atoms with van der Waals surface area (Å²) in [6.45, 7) is -1.69. The number of nitro groups is 1. The number of alkyl halides is 2. The zero-order valence-corrected chi connectivity index (χ0v) is 8.15. The summed E-state index contributed by atoms with van der Waals surface area (Å²) < 4.78 is 27.9. The molecule has 1 aromatic carbocycles. The standard InChI is InChI=1S/C9H7F2NO4/c1-5-2-8(16-9(10)11)7(12(14)15)3-6(5)4-13/h2-4,9H,1H3. The molecule has 0 aliphatic rings. The first-order valence-corrected chi connectivity index (χ1v) is 4.14. The zero-order chi connectivity index (χ0) is 12.3. The summed E-state index contributed by atoms with van der Waals surface area (Å²) in [4.78, 5) is 20.2. The highest BCUT2D eigenvalue weighted by atomic mass is 19.3. The van der Waals surface area contributed by atoms with E-state index in [0.29, 0.717) is 11.8 Å². The van der Waals surface area contributed by atoms with E-state index >= 15 is 0 Å². The Balaban J connectivity index is 3.30. The van der Waals surface area contributed by atoms with Crippen LogP contribution < -0.4 is 4.74 Å². The van der Waals surface area contributed by atoms with Crippen LogP contribution in [0.4, 0.5) is 14.5 Å². The van der Waals surface area contributed by atoms with Crippen LogP contribution in [0.2, 0.25) is 0 Å². The zero-order valence-electron chi connectivity index (χ0n) is 8.15. The van der Waals surface area contributed by atoms with Gasteiger partial charge in [-0.3, -0.25) is 14.9 Å². The first-order valence-electron chi connectivity index (χ1n) is 4.14. The third-order valence-corrected chi connectivity index (χ3v) is 1.89. The fourth-order valence-electron chi connectivity index (χ4n) is 1.15. The quantitative estimate of drug-likeness (QED) is 0.453. The van der Waals surface area contributed by atoms with E-state index in [2.05, 4.69) is 4.74 Å². The minimum atomic E-state index is -3.15. The summed E-state index contributed by atoms with van der Waals surface area (Å²) >= 11 is 0. The van der Waals surface area contributed by atoms with Gasteiger partial charge in [-0.2, -0.15) is 8.78 Å². The number of halogens is 2. The molecule has 7 heteroatoms. The number of ether oxygens (including phenoxy) is 1. The van der Waals surface area contributed by atoms with Crippen LogP contribution in [-0.4, -0.2) is 17.8 Å². The van der Waals surface area contributed by atoms with Gasteiger partial charge in [0.15, 0.2) is 6.29 Å². The van der Waals surface area contributed by atoms with Gasteiger partial charge in [0.05, 0.1) is 4.92 Å². The predicted molar refractivity (Wildman–Crippen MR) is 49.9 cm³/mol. The van der Waals surface area contributed by atoms with E-state index < -0.39 is 23.0 Å². The number of hydrogen-bond donors (Lipinski definition) is 0. The molecule has 0 aromatic heterocycles. The van der Waals surface area contributed by atoms with Crippen LogP contribution in [-0.2, 0) is 0 Å². The number of benzene rings is 1. The highest BCUT2D eigenvalue weighted by Crippen LogP contribution is 2.30. The molecule has 1 rings (SSSR count). The number of nitro benzene ring substituents is 1. The van der Waals surface area contributed by atoms with Crippen molar-refractivity contribution in [1.29, 1.82) is 0 Å². The van der Waals surface area contributed by atoms with Gasteiger partial charge in [-0.05, 0) is 18.6 Å². The smallest absolute Gasteiger partial charge is 0.387 e. The Labute approximate surface area is 88.8 Å². The second kappa shape index (κ2) is 4.65. The molecule has 16 heavy (non-hydrogen) atoms. The summed E-state index contributed by atoms with van der Waals surface area (Å²) in [5.74, 6) is -0.553. The molecule has 0 fully saturated rings. The third kappa shape index (κ3) is 2.50. The van der Waals surface area contributed by atoms with Gasteiger partial charge in [0.2, 0.25) is 5.75 Å². The van der Waals surface area contributed by atoms with Gasteiger partial charge in [0.1, 0.15) is 0 Å². The molecule has 86 valence electrons. The van der Waals surface area contributed by atoms with Gasteiger partial charge < -0.3 is 4.74 Å². The molecule has 5 nitrogen and oxygen atoms in total. The van der Waals surface area contributed by atoms with E-state index in [1.807, 2.05) is 0 Å². The summed E-state index contributed by atoms with van der Waals surface area (Å²) in [7, 11) is 0. The van der Waals surface area contributed by atoms with E-state index in [0.717, 1.165) is 12.1 Å². The number of nitrogens with zero attached hydrogens (tertiary/aromatic N) is 1. The van der Waals surface area contributed by atoms with Gasteiger partial charge in [-0.1, -0.05) is 0 Å². The average molecular weight is 231 g/mol. The van der Waals surface area contributed by atoms with Crippen molar-refractivity contribution in [2.45, 2.75) is 13.5 Å². The van der Waals surface area contributed by atoms with Crippen molar-refractivity contribution >= 4 is 12.0 Å². The Bertz CT molecular complexity index is 434. The Morgan fingerprint density at radius 3 is 2.56 bits per heavy atom. The number of rotatable bonds is 4. The van der Waals surface area contributed by atoms with E-state index in [4.69, 9.17) is 0 Å². The number of carbonyl (C=O) groups is 1. The molecule has 1 aromatic rings. The second-order valence-electron chi connectivity index (χ2n) is 2.93. The van der Waals surface area contributed by atoms with Crippen LogP contribution in [0, 0.1) is 17.0 Å². The van der Waals surface area contributed by atoms with E-state index in [9.17, 15) is 23.7 Å². The molecule has 0 aliphatic carbocycles. The van der Waals surface area contributed by atoms with Gasteiger partial charge in [0, 0.05) is 11.6 Å². The SMILES string of the molecule is Cc1cc(OC(F)F)c([N+](=O)[O-])cc1C=O. The van der Waals surface area contributed by atoms with Crippen LogP contribution in [0.1, 0.15) is 15.9 Å². The van der Waals surface area contributed by atoms with Crippen LogP contribution >= 0.6 is 0 Å². The lowest BCUT2D eigenvalue weighted by atomic mass is 10.1. The van der Waals surface area contributed by atoms with E-state index in [1.54, 1.807) is 0 Å². The van der Waals surface area contributed by atoms with Crippen molar-refractivity contribution in [3.8, 4) is 5.75 Å². The lowest BCUT2D eigenvalue weighted by Crippen LogP contribution is -2.05. The Kier molecular flexibility index (Phi) is 3.49. The summed E-state index contributed by atoms with van der Waals surface area (Å²) in [5.41, 5.74) is -0.266. The molecule has 0 radical (unpaired) electrons. The van der Waals surface area contributed by atoms with Crippen molar-refractivity contribution in [1.82, 2.24) is 0 Å². The van der Waals surface area contributed by atoms with Gasteiger partial charge in [-0.15, -0.1) is 0 Å². The lowest BCUT2D eigenvalue weighted by molar-refractivity contribution is -0.386. The Morgan fingerprint density at radius 1 is 1.50 bits per heavy atom. The predicted octanol–water partition coefficient (Wildman–Crippen LogP) is 2.32. The normalized spacial score (nSPS) is 10.2. The van der Waals surface area contributed by atoms with Gasteiger partial charge in [-0.25, -0.2) is 0 Å². The molecule has 0 bridgehead atoms. The molecule has 0 N–H and O–H groups in total. The van der Waals surface area contributed by atoms with Crippen molar-refractivity contribution in [3.63, 3.8) is 0 Å². The lowest BCUT2D eigenvalue weighted by Gasteiger charge is -2.07. The van der Waals surface area contributed by atoms with Crippen LogP contribution in [0.5, 0.6) is 5.75 Å². The maximum atomic E-state index is 12.0. The molecule has 0 atom stereocenters. The van der Waals surface area contributed by atoms with Crippen LogP contribution in [0.3, 0.4) is 0 Å². The monoisotopic (exact) mass is 231 g/mol. The number of hydrogen-bond acceptors (Lipinski definition) is 4. The molecule has 0 unspecified atom stereocenters. The third-order valence-electron chi connectivity index (χ3n) is 1.89. The minimum absolute atomic E-state index is 0.0633. The summed E-state index contributed by atoms with van der Waals surface area (Å²) in [5, 5.41) is 10.5. The molecule has 0 spiro atoms. The van der Waals surface area contributed by atoms with Gasteiger partial charge >= 0.3 is 12.3 Å². The number of carbonyl (C=O) groups excluding carboxylic acids is 1. The Hall–Kier alpha value is -2.05. The maximum absolute atomic E-state index is 12.0. The van der Waals surface area contributed by atoms with Gasteiger partial charge in [0.25, 0.3) is 0 Å². The fourth-order valence-corrected chi connectivity index (χ4v) is 1.15. The van der Waals surface area contributed by atoms with Crippen LogP contribution in [0.15, 0.2) is 12.1 Å². The van der Waals surface area contributed by atoms with E-state index in [1.165, 1.54) is 6.92 Å². The van der Waals surface area contributed by atoms with Crippen molar-refractivity contribution < 1.29 is 23.2 Å². The highest BCUT2D eigenvalue weighted by Gasteiger charge is 2.20.